The number of aromatic nitrogens is 5. The number of anilines is 1. The van der Waals surface area contributed by atoms with Crippen LogP contribution in [0.15, 0.2) is 54.5 Å². The van der Waals surface area contributed by atoms with Crippen molar-refractivity contribution in [2.24, 2.45) is 7.05 Å². The molecule has 0 bridgehead atoms. The number of ether oxygens (including phenoxy) is 1. The van der Waals surface area contributed by atoms with Crippen LogP contribution in [-0.2, 0) is 18.4 Å². The minimum Gasteiger partial charge on any atom is -0.472 e. The number of hydrogen-bond acceptors (Lipinski definition) is 5. The van der Waals surface area contributed by atoms with Crippen LogP contribution in [0.4, 0.5) is 5.82 Å². The summed E-state index contributed by atoms with van der Waals surface area (Å²) in [7, 11) is 1.82. The molecule has 1 aliphatic heterocycles. The fraction of sp³-hybridized carbons (Fsp3) is 0.280. The summed E-state index contributed by atoms with van der Waals surface area (Å²) in [6.07, 6.45) is 5.92. The van der Waals surface area contributed by atoms with Gasteiger partial charge in [0.2, 0.25) is 5.88 Å². The molecule has 0 fully saturated rings. The van der Waals surface area contributed by atoms with E-state index < -0.39 is 0 Å². The van der Waals surface area contributed by atoms with Gasteiger partial charge in [0, 0.05) is 53.6 Å². The van der Waals surface area contributed by atoms with Crippen molar-refractivity contribution in [2.75, 3.05) is 5.32 Å². The Morgan fingerprint density at radius 3 is 2.82 bits per heavy atom. The minimum absolute atomic E-state index is 0.188. The molecule has 3 aromatic heterocycles. The lowest BCUT2D eigenvalue weighted by atomic mass is 9.89. The van der Waals surface area contributed by atoms with Crippen molar-refractivity contribution in [3.63, 3.8) is 0 Å². The quantitative estimate of drug-likeness (QED) is 0.471. The molecule has 0 radical (unpaired) electrons. The molecule has 33 heavy (non-hydrogen) atoms. The Balaban J connectivity index is 1.74. The van der Waals surface area contributed by atoms with Crippen molar-refractivity contribution in [2.45, 2.75) is 39.8 Å². The highest BCUT2D eigenvalue weighted by molar-refractivity contribution is 6.11. The van der Waals surface area contributed by atoms with Crippen LogP contribution in [0.3, 0.4) is 0 Å². The summed E-state index contributed by atoms with van der Waals surface area (Å²) in [6, 6.07) is 10.1. The number of carbonyl (C=O) groups is 1. The Bertz CT molecular complexity index is 1400. The smallest absolute Gasteiger partial charge is 0.253 e. The van der Waals surface area contributed by atoms with Gasteiger partial charge < -0.3 is 10.1 Å². The van der Waals surface area contributed by atoms with Crippen molar-refractivity contribution in [1.29, 1.82) is 0 Å². The standard InChI is InChI=1S/C25H26N6O2/c1-5-18(24(32)28-22-8-10-30(4)29-22)23-19-7-6-9-26-25(19)33-14-17-12-21-16(11-20(17)23)13-27-31(21)15(2)3/h6-13,15H,5,14H2,1-4H3,(H,28,29,32). The molecule has 0 unspecified atom stereocenters. The highest BCUT2D eigenvalue weighted by Crippen LogP contribution is 2.40. The van der Waals surface area contributed by atoms with Crippen molar-refractivity contribution in [3.05, 3.63) is 71.2 Å². The van der Waals surface area contributed by atoms with E-state index in [0.29, 0.717) is 30.3 Å². The van der Waals surface area contributed by atoms with Gasteiger partial charge in [0.1, 0.15) is 6.61 Å². The lowest BCUT2D eigenvalue weighted by Crippen LogP contribution is -2.17. The molecule has 168 valence electrons. The van der Waals surface area contributed by atoms with E-state index in [1.807, 2.05) is 37.0 Å². The SMILES string of the molecule is CCC(C(=O)Nc1ccn(C)n1)=C1c2cc3cnn(C(C)C)c3cc2COc2ncccc21. The average molecular weight is 443 g/mol. The third kappa shape index (κ3) is 3.67. The molecule has 0 spiro atoms. The first-order valence-corrected chi connectivity index (χ1v) is 11.1. The lowest BCUT2D eigenvalue weighted by molar-refractivity contribution is -0.112. The first-order valence-electron chi connectivity index (χ1n) is 11.1. The fourth-order valence-electron chi connectivity index (χ4n) is 4.34. The maximum absolute atomic E-state index is 13.4. The van der Waals surface area contributed by atoms with Crippen LogP contribution >= 0.6 is 0 Å². The number of amides is 1. The summed E-state index contributed by atoms with van der Waals surface area (Å²) in [6.45, 7) is 6.56. The predicted octanol–water partition coefficient (Wildman–Crippen LogP) is 4.49. The van der Waals surface area contributed by atoms with E-state index in [2.05, 4.69) is 46.5 Å². The maximum atomic E-state index is 13.4. The third-order valence-electron chi connectivity index (χ3n) is 5.87. The summed E-state index contributed by atoms with van der Waals surface area (Å²) >= 11 is 0. The first-order chi connectivity index (χ1) is 16.0. The lowest BCUT2D eigenvalue weighted by Gasteiger charge is -2.16. The number of nitrogens with one attached hydrogen (secondary N) is 1. The highest BCUT2D eigenvalue weighted by atomic mass is 16.5. The fourth-order valence-corrected chi connectivity index (χ4v) is 4.34. The van der Waals surface area contributed by atoms with Gasteiger partial charge in [0.05, 0.1) is 11.7 Å². The van der Waals surface area contributed by atoms with Gasteiger partial charge in [-0.1, -0.05) is 6.92 Å². The van der Waals surface area contributed by atoms with E-state index >= 15 is 0 Å². The number of carbonyl (C=O) groups excluding carboxylic acids is 1. The summed E-state index contributed by atoms with van der Waals surface area (Å²) in [5.41, 5.74) is 5.29. The number of rotatable bonds is 4. The molecule has 4 aromatic rings. The Morgan fingerprint density at radius 1 is 1.24 bits per heavy atom. The number of aryl methyl sites for hydroxylation is 1. The molecule has 0 saturated carbocycles. The van der Waals surface area contributed by atoms with Gasteiger partial charge >= 0.3 is 0 Å². The molecular weight excluding hydrogens is 416 g/mol. The van der Waals surface area contributed by atoms with E-state index in [1.54, 1.807) is 23.1 Å². The number of benzene rings is 1. The van der Waals surface area contributed by atoms with Crippen molar-refractivity contribution < 1.29 is 9.53 Å². The van der Waals surface area contributed by atoms with Crippen LogP contribution in [0.2, 0.25) is 0 Å². The zero-order valence-corrected chi connectivity index (χ0v) is 19.2. The Kier molecular flexibility index (Phi) is 5.20. The van der Waals surface area contributed by atoms with E-state index in [0.717, 1.165) is 33.2 Å². The Morgan fingerprint density at radius 2 is 2.09 bits per heavy atom. The molecular formula is C25H26N6O2. The van der Waals surface area contributed by atoms with Gasteiger partial charge in [0.25, 0.3) is 5.91 Å². The monoisotopic (exact) mass is 442 g/mol. The molecule has 4 heterocycles. The number of pyridine rings is 1. The van der Waals surface area contributed by atoms with E-state index in [9.17, 15) is 4.79 Å². The van der Waals surface area contributed by atoms with Gasteiger partial charge in [-0.2, -0.15) is 10.2 Å². The van der Waals surface area contributed by atoms with Crippen LogP contribution in [0, 0.1) is 0 Å². The molecule has 0 atom stereocenters. The number of hydrogen-bond donors (Lipinski definition) is 1. The average Bonchev–Trinajstić information content (AvgIpc) is 3.36. The van der Waals surface area contributed by atoms with Crippen molar-refractivity contribution in [3.8, 4) is 5.88 Å². The summed E-state index contributed by atoms with van der Waals surface area (Å²) in [5.74, 6) is 0.848. The molecule has 1 aliphatic rings. The zero-order valence-electron chi connectivity index (χ0n) is 19.2. The molecule has 1 aromatic carbocycles. The van der Waals surface area contributed by atoms with Gasteiger partial charge in [-0.05, 0) is 55.7 Å². The number of fused-ring (bicyclic) bond motifs is 3. The zero-order chi connectivity index (χ0) is 23.1. The molecule has 5 rings (SSSR count). The molecule has 8 nitrogen and oxygen atoms in total. The molecule has 0 aliphatic carbocycles. The molecule has 0 saturated heterocycles. The van der Waals surface area contributed by atoms with E-state index in [4.69, 9.17) is 4.74 Å². The maximum Gasteiger partial charge on any atom is 0.253 e. The minimum atomic E-state index is -0.188. The van der Waals surface area contributed by atoms with Crippen LogP contribution < -0.4 is 10.1 Å². The second-order valence-corrected chi connectivity index (χ2v) is 8.43. The summed E-state index contributed by atoms with van der Waals surface area (Å²) in [4.78, 5) is 17.9. The van der Waals surface area contributed by atoms with Gasteiger partial charge in [-0.3, -0.25) is 14.2 Å². The molecule has 8 heteroatoms. The van der Waals surface area contributed by atoms with Crippen LogP contribution in [0.25, 0.3) is 16.5 Å². The van der Waals surface area contributed by atoms with Crippen LogP contribution in [-0.4, -0.2) is 30.5 Å². The second kappa shape index (κ2) is 8.20. The highest BCUT2D eigenvalue weighted by Gasteiger charge is 2.27. The van der Waals surface area contributed by atoms with Crippen LogP contribution in [0.1, 0.15) is 49.9 Å². The molecule has 1 N–H and O–H groups in total. The first kappa shape index (κ1) is 20.9. The van der Waals surface area contributed by atoms with E-state index in [1.165, 1.54) is 0 Å². The number of nitrogens with zero attached hydrogens (tertiary/aromatic N) is 5. The largest absolute Gasteiger partial charge is 0.472 e. The van der Waals surface area contributed by atoms with Gasteiger partial charge in [0.15, 0.2) is 5.82 Å². The third-order valence-corrected chi connectivity index (χ3v) is 5.87. The summed E-state index contributed by atoms with van der Waals surface area (Å²) < 4.78 is 9.77. The topological polar surface area (TPSA) is 86.9 Å². The van der Waals surface area contributed by atoms with Crippen molar-refractivity contribution in [1.82, 2.24) is 24.5 Å². The van der Waals surface area contributed by atoms with Crippen molar-refractivity contribution >= 4 is 28.2 Å². The van der Waals surface area contributed by atoms with Gasteiger partial charge in [-0.15, -0.1) is 0 Å². The van der Waals surface area contributed by atoms with Crippen LogP contribution in [0.5, 0.6) is 5.88 Å². The van der Waals surface area contributed by atoms with Gasteiger partial charge in [-0.25, -0.2) is 4.98 Å². The predicted molar refractivity (Wildman–Crippen MR) is 127 cm³/mol. The summed E-state index contributed by atoms with van der Waals surface area (Å²) in [5, 5.41) is 12.8. The Hall–Kier alpha value is -3.94. The van der Waals surface area contributed by atoms with E-state index in [-0.39, 0.29) is 11.9 Å². The normalized spacial score (nSPS) is 14.5. The molecule has 1 amide bonds. The Labute approximate surface area is 191 Å². The second-order valence-electron chi connectivity index (χ2n) is 8.43.